The average Bonchev–Trinajstić information content (AvgIpc) is 3.11. The number of rotatable bonds is 6. The minimum atomic E-state index is -1.23. The molecule has 3 aromatic rings. The van der Waals surface area contributed by atoms with Crippen LogP contribution in [-0.4, -0.2) is 39.6 Å². The van der Waals surface area contributed by atoms with Crippen molar-refractivity contribution >= 4 is 46.3 Å². The van der Waals surface area contributed by atoms with Gasteiger partial charge in [-0.3, -0.25) is 9.59 Å². The molecule has 0 aromatic heterocycles. The number of carboxylic acid groups (broad SMARTS) is 1. The molecule has 1 atom stereocenters. The monoisotopic (exact) mass is 476 g/mol. The third-order valence-electron chi connectivity index (χ3n) is 5.09. The summed E-state index contributed by atoms with van der Waals surface area (Å²) in [6.45, 7) is 1.64. The highest BCUT2D eigenvalue weighted by atomic mass is 35.5. The van der Waals surface area contributed by atoms with Crippen molar-refractivity contribution < 1.29 is 24.6 Å². The summed E-state index contributed by atoms with van der Waals surface area (Å²) in [5.74, 6) is -2.56. The first-order valence-corrected chi connectivity index (χ1v) is 10.4. The van der Waals surface area contributed by atoms with E-state index in [1.807, 2.05) is 0 Å². The number of hydrogen-bond acceptors (Lipinski definition) is 7. The van der Waals surface area contributed by atoms with Gasteiger partial charge in [0.05, 0.1) is 17.0 Å². The molecule has 170 valence electrons. The Kier molecular flexibility index (Phi) is 6.20. The predicted molar refractivity (Wildman–Crippen MR) is 125 cm³/mol. The molecule has 0 fully saturated rings. The fourth-order valence-corrected chi connectivity index (χ4v) is 3.47. The van der Waals surface area contributed by atoms with Gasteiger partial charge in [-0.25, -0.2) is 4.79 Å². The van der Waals surface area contributed by atoms with Crippen LogP contribution >= 0.6 is 11.6 Å². The maximum absolute atomic E-state index is 12.8. The van der Waals surface area contributed by atoms with Gasteiger partial charge in [0.25, 0.3) is 5.91 Å². The van der Waals surface area contributed by atoms with Gasteiger partial charge in [0.15, 0.2) is 11.8 Å². The molecular weight excluding hydrogens is 460 g/mol. The Hall–Kier alpha value is -4.37. The minimum Gasteiger partial charge on any atom is -0.506 e. The molecule has 1 amide bonds. The number of carbonyl (C=O) groups excluding carboxylic acids is 2. The molecular formula is C24H17ClN4O5. The molecule has 0 bridgehead atoms. The van der Waals surface area contributed by atoms with Crippen molar-refractivity contribution in [3.05, 3.63) is 88.4 Å². The second kappa shape index (κ2) is 9.24. The lowest BCUT2D eigenvalue weighted by molar-refractivity contribution is -0.117. The quantitative estimate of drug-likeness (QED) is 0.387. The SMILES string of the molecule is CC1=NN(c2ccc(Cl)cc2)C(=O)C1N=Nc1ccc(C(=O)c2ccccc2C(=O)O)cc1O. The predicted octanol–water partition coefficient (Wildman–Crippen LogP) is 4.85. The molecule has 34 heavy (non-hydrogen) atoms. The van der Waals surface area contributed by atoms with Crippen molar-refractivity contribution in [3.8, 4) is 5.75 Å². The van der Waals surface area contributed by atoms with Gasteiger partial charge in [0, 0.05) is 16.1 Å². The highest BCUT2D eigenvalue weighted by Gasteiger charge is 2.34. The fraction of sp³-hybridized carbons (Fsp3) is 0.0833. The highest BCUT2D eigenvalue weighted by molar-refractivity contribution is 6.30. The molecule has 1 heterocycles. The van der Waals surface area contributed by atoms with Gasteiger partial charge < -0.3 is 10.2 Å². The minimum absolute atomic E-state index is 0.00513. The smallest absolute Gasteiger partial charge is 0.336 e. The number of aromatic carboxylic acids is 1. The molecule has 9 nitrogen and oxygen atoms in total. The number of ketones is 1. The number of hydrazone groups is 1. The van der Waals surface area contributed by atoms with Crippen LogP contribution < -0.4 is 5.01 Å². The molecule has 0 saturated heterocycles. The Morgan fingerprint density at radius 2 is 1.71 bits per heavy atom. The second-order valence-corrected chi connectivity index (χ2v) is 7.81. The van der Waals surface area contributed by atoms with Crippen molar-refractivity contribution in [1.29, 1.82) is 0 Å². The second-order valence-electron chi connectivity index (χ2n) is 7.37. The van der Waals surface area contributed by atoms with Gasteiger partial charge in [0.2, 0.25) is 0 Å². The summed E-state index contributed by atoms with van der Waals surface area (Å²) in [5.41, 5.74) is 0.909. The number of benzene rings is 3. The Morgan fingerprint density at radius 1 is 1.03 bits per heavy atom. The molecule has 0 radical (unpaired) electrons. The van der Waals surface area contributed by atoms with Gasteiger partial charge >= 0.3 is 5.97 Å². The van der Waals surface area contributed by atoms with E-state index in [9.17, 15) is 24.6 Å². The maximum Gasteiger partial charge on any atom is 0.336 e. The number of halogens is 1. The third kappa shape index (κ3) is 4.41. The zero-order valence-electron chi connectivity index (χ0n) is 17.7. The van der Waals surface area contributed by atoms with Gasteiger partial charge in [-0.05, 0) is 55.5 Å². The fourth-order valence-electron chi connectivity index (χ4n) is 3.35. The van der Waals surface area contributed by atoms with E-state index in [2.05, 4.69) is 15.3 Å². The van der Waals surface area contributed by atoms with Crippen molar-refractivity contribution in [3.63, 3.8) is 0 Å². The zero-order valence-corrected chi connectivity index (χ0v) is 18.5. The average molecular weight is 477 g/mol. The topological polar surface area (TPSA) is 132 Å². The van der Waals surface area contributed by atoms with E-state index >= 15 is 0 Å². The lowest BCUT2D eigenvalue weighted by atomic mass is 9.98. The van der Waals surface area contributed by atoms with Gasteiger partial charge in [0.1, 0.15) is 11.4 Å². The van der Waals surface area contributed by atoms with Crippen molar-refractivity contribution in [2.24, 2.45) is 15.3 Å². The van der Waals surface area contributed by atoms with E-state index in [4.69, 9.17) is 11.6 Å². The number of anilines is 1. The molecule has 0 spiro atoms. The molecule has 1 unspecified atom stereocenters. The molecule has 3 aromatic carbocycles. The molecule has 10 heteroatoms. The molecule has 0 saturated carbocycles. The zero-order chi connectivity index (χ0) is 24.4. The van der Waals surface area contributed by atoms with Crippen molar-refractivity contribution in [2.45, 2.75) is 13.0 Å². The van der Waals surface area contributed by atoms with E-state index in [-0.39, 0.29) is 28.1 Å². The normalized spacial score (nSPS) is 15.6. The number of aromatic hydroxyl groups is 1. The lowest BCUT2D eigenvalue weighted by Gasteiger charge is -2.12. The number of amides is 1. The van der Waals surface area contributed by atoms with Gasteiger partial charge in [-0.1, -0.05) is 29.8 Å². The van der Waals surface area contributed by atoms with Crippen LogP contribution in [-0.2, 0) is 4.79 Å². The summed E-state index contributed by atoms with van der Waals surface area (Å²) in [6.07, 6.45) is 0. The molecule has 4 rings (SSSR count). The standard InChI is InChI=1S/C24H17ClN4O5/c1-13-21(23(32)29(28-13)16-9-7-15(25)8-10-16)27-26-19-11-6-14(12-20(19)30)22(31)17-4-2-3-5-18(17)24(33)34/h2-12,21,30H,1H3,(H,33,34). The number of phenolic OH excluding ortho intramolecular Hbond substituents is 1. The number of nitrogens with zero attached hydrogens (tertiary/aromatic N) is 4. The van der Waals surface area contributed by atoms with E-state index in [1.54, 1.807) is 37.3 Å². The Morgan fingerprint density at radius 3 is 2.35 bits per heavy atom. The first kappa shape index (κ1) is 22.8. The summed E-state index contributed by atoms with van der Waals surface area (Å²) in [6, 6.07) is 15.3. The maximum atomic E-state index is 12.8. The summed E-state index contributed by atoms with van der Waals surface area (Å²) in [7, 11) is 0. The largest absolute Gasteiger partial charge is 0.506 e. The van der Waals surface area contributed by atoms with Gasteiger partial charge in [-0.2, -0.15) is 20.3 Å². The number of hydrogen-bond donors (Lipinski definition) is 2. The molecule has 0 aliphatic carbocycles. The van der Waals surface area contributed by atoms with Crippen LogP contribution in [0.15, 0.2) is 82.1 Å². The van der Waals surface area contributed by atoms with Crippen molar-refractivity contribution in [1.82, 2.24) is 0 Å². The number of phenols is 1. The van der Waals surface area contributed by atoms with Crippen LogP contribution in [0.1, 0.15) is 33.2 Å². The molecule has 1 aliphatic heterocycles. The van der Waals surface area contributed by atoms with E-state index in [1.165, 1.54) is 41.4 Å². The van der Waals surface area contributed by atoms with E-state index in [0.717, 1.165) is 0 Å². The lowest BCUT2D eigenvalue weighted by Crippen LogP contribution is -2.29. The summed E-state index contributed by atoms with van der Waals surface area (Å²) < 4.78 is 0. The first-order valence-electron chi connectivity index (χ1n) is 10.0. The summed E-state index contributed by atoms with van der Waals surface area (Å²) >= 11 is 5.89. The molecule has 1 aliphatic rings. The summed E-state index contributed by atoms with van der Waals surface area (Å²) in [5, 5.41) is 33.6. The Bertz CT molecular complexity index is 1370. The number of carbonyl (C=O) groups is 3. The summed E-state index contributed by atoms with van der Waals surface area (Å²) in [4.78, 5) is 36.9. The first-order chi connectivity index (χ1) is 16.3. The third-order valence-corrected chi connectivity index (χ3v) is 5.34. The van der Waals surface area contributed by atoms with E-state index in [0.29, 0.717) is 16.4 Å². The van der Waals surface area contributed by atoms with Crippen LogP contribution in [0.4, 0.5) is 11.4 Å². The molecule has 2 N–H and O–H groups in total. The van der Waals surface area contributed by atoms with Crippen LogP contribution in [0.25, 0.3) is 0 Å². The van der Waals surface area contributed by atoms with Crippen LogP contribution in [0.3, 0.4) is 0 Å². The van der Waals surface area contributed by atoms with E-state index < -0.39 is 23.7 Å². The van der Waals surface area contributed by atoms with Gasteiger partial charge in [-0.15, -0.1) is 0 Å². The Balaban J connectivity index is 1.54. The Labute approximate surface area is 198 Å². The number of carboxylic acids is 1. The van der Waals surface area contributed by atoms with Crippen LogP contribution in [0, 0.1) is 0 Å². The van der Waals surface area contributed by atoms with Crippen molar-refractivity contribution in [2.75, 3.05) is 5.01 Å². The van der Waals surface area contributed by atoms with Crippen LogP contribution in [0.2, 0.25) is 5.02 Å². The number of azo groups is 1. The van der Waals surface area contributed by atoms with Crippen LogP contribution in [0.5, 0.6) is 5.75 Å². The highest BCUT2D eigenvalue weighted by Crippen LogP contribution is 2.30.